The highest BCUT2D eigenvalue weighted by Gasteiger charge is 2.37. The Morgan fingerprint density at radius 2 is 2.07 bits per heavy atom. The first-order chi connectivity index (χ1) is 14.4. The van der Waals surface area contributed by atoms with Gasteiger partial charge in [0.25, 0.3) is 0 Å². The standard InChI is InChI=1S/C23H34N2O4S/c1-17-15-25(18(2)16-26)30(27,28)23-12-11-20(10-6-9-19-7-4-5-8-19)13-21(23)29-22(17)14-24-3/h11-13,17-19,22,24,26H,4-5,7-9,14-16H2,1-3H3/t17-,18+,22+/m1/s1. The number of likely N-dealkylation sites (N-methyl/N-ethyl adjacent to an activating group) is 1. The minimum atomic E-state index is -3.80. The number of benzene rings is 1. The van der Waals surface area contributed by atoms with Crippen molar-refractivity contribution < 1.29 is 18.3 Å². The molecule has 30 heavy (non-hydrogen) atoms. The summed E-state index contributed by atoms with van der Waals surface area (Å²) in [4.78, 5) is 0.136. The van der Waals surface area contributed by atoms with Gasteiger partial charge in [-0.25, -0.2) is 8.42 Å². The zero-order valence-corrected chi connectivity index (χ0v) is 19.0. The lowest BCUT2D eigenvalue weighted by molar-refractivity contribution is 0.103. The minimum absolute atomic E-state index is 0.0496. The molecule has 1 aromatic rings. The molecule has 3 atom stereocenters. The smallest absolute Gasteiger partial charge is 0.247 e. The maximum absolute atomic E-state index is 13.4. The Morgan fingerprint density at radius 1 is 1.33 bits per heavy atom. The van der Waals surface area contributed by atoms with Crippen molar-refractivity contribution in [2.24, 2.45) is 11.8 Å². The zero-order valence-electron chi connectivity index (χ0n) is 18.2. The Kier molecular flexibility index (Phi) is 7.81. The molecule has 0 radical (unpaired) electrons. The molecule has 0 bridgehead atoms. The normalized spacial score (nSPS) is 25.3. The summed E-state index contributed by atoms with van der Waals surface area (Å²) in [6, 6.07) is 4.58. The molecule has 2 N–H and O–H groups in total. The van der Waals surface area contributed by atoms with Gasteiger partial charge in [0.05, 0.1) is 6.61 Å². The van der Waals surface area contributed by atoms with Crippen molar-refractivity contribution in [1.82, 2.24) is 9.62 Å². The largest absolute Gasteiger partial charge is 0.487 e. The first-order valence-corrected chi connectivity index (χ1v) is 12.4. The number of rotatable bonds is 5. The van der Waals surface area contributed by atoms with Gasteiger partial charge in [0.2, 0.25) is 10.0 Å². The summed E-state index contributed by atoms with van der Waals surface area (Å²) < 4.78 is 34.3. The topological polar surface area (TPSA) is 78.9 Å². The number of aliphatic hydroxyl groups excluding tert-OH is 1. The number of hydrogen-bond donors (Lipinski definition) is 2. The van der Waals surface area contributed by atoms with E-state index in [1.54, 1.807) is 25.1 Å². The molecule has 1 aromatic carbocycles. The van der Waals surface area contributed by atoms with Gasteiger partial charge in [-0.3, -0.25) is 0 Å². The van der Waals surface area contributed by atoms with Crippen LogP contribution in [0, 0.1) is 23.7 Å². The Labute approximate surface area is 181 Å². The van der Waals surface area contributed by atoms with Crippen LogP contribution in [-0.4, -0.2) is 56.7 Å². The molecule has 1 fully saturated rings. The van der Waals surface area contributed by atoms with E-state index in [0.717, 1.165) is 12.0 Å². The third kappa shape index (κ3) is 5.17. The Hall–Kier alpha value is -1.59. The van der Waals surface area contributed by atoms with E-state index < -0.39 is 16.1 Å². The van der Waals surface area contributed by atoms with Gasteiger partial charge in [-0.15, -0.1) is 0 Å². The summed E-state index contributed by atoms with van der Waals surface area (Å²) in [6.45, 7) is 4.36. The summed E-state index contributed by atoms with van der Waals surface area (Å²) in [5.41, 5.74) is 0.764. The first kappa shape index (κ1) is 23.1. The molecule has 0 saturated heterocycles. The molecule has 2 aliphatic rings. The van der Waals surface area contributed by atoms with Crippen LogP contribution < -0.4 is 10.1 Å². The maximum Gasteiger partial charge on any atom is 0.247 e. The highest BCUT2D eigenvalue weighted by atomic mass is 32.2. The van der Waals surface area contributed by atoms with Crippen molar-refractivity contribution in [2.75, 3.05) is 26.7 Å². The lowest BCUT2D eigenvalue weighted by atomic mass is 10.0. The number of hydrogen-bond acceptors (Lipinski definition) is 5. The zero-order chi connectivity index (χ0) is 21.7. The molecule has 0 amide bonds. The Bertz CT molecular complexity index is 884. The van der Waals surface area contributed by atoms with Gasteiger partial charge >= 0.3 is 0 Å². The van der Waals surface area contributed by atoms with E-state index in [1.165, 1.54) is 30.0 Å². The van der Waals surface area contributed by atoms with Crippen LogP contribution in [0.4, 0.5) is 0 Å². The summed E-state index contributed by atoms with van der Waals surface area (Å²) in [6.07, 6.45) is 5.79. The molecule has 1 saturated carbocycles. The number of nitrogens with one attached hydrogen (secondary N) is 1. The van der Waals surface area contributed by atoms with Gasteiger partial charge in [0.1, 0.15) is 16.7 Å². The molecule has 0 aromatic heterocycles. The predicted octanol–water partition coefficient (Wildman–Crippen LogP) is 2.61. The molecule has 6 nitrogen and oxygen atoms in total. The molecular formula is C23H34N2O4S. The molecule has 166 valence electrons. The second-order valence-corrected chi connectivity index (χ2v) is 10.5. The number of sulfonamides is 1. The van der Waals surface area contributed by atoms with E-state index in [1.807, 2.05) is 14.0 Å². The number of nitrogens with zero attached hydrogens (tertiary/aromatic N) is 1. The highest BCUT2D eigenvalue weighted by Crippen LogP contribution is 2.34. The first-order valence-electron chi connectivity index (χ1n) is 10.9. The van der Waals surface area contributed by atoms with Gasteiger partial charge < -0.3 is 15.2 Å². The third-order valence-electron chi connectivity index (χ3n) is 6.17. The van der Waals surface area contributed by atoms with E-state index in [4.69, 9.17) is 4.74 Å². The van der Waals surface area contributed by atoms with Gasteiger partial charge in [-0.05, 0) is 50.9 Å². The van der Waals surface area contributed by atoms with Crippen LogP contribution in [0.2, 0.25) is 0 Å². The molecular weight excluding hydrogens is 400 g/mol. The van der Waals surface area contributed by atoms with Crippen molar-refractivity contribution in [2.45, 2.75) is 63.0 Å². The quantitative estimate of drug-likeness (QED) is 0.697. The average molecular weight is 435 g/mol. The predicted molar refractivity (Wildman–Crippen MR) is 118 cm³/mol. The molecule has 1 aliphatic carbocycles. The average Bonchev–Trinajstić information content (AvgIpc) is 3.23. The van der Waals surface area contributed by atoms with Gasteiger partial charge in [0, 0.05) is 37.0 Å². The van der Waals surface area contributed by atoms with Crippen molar-refractivity contribution in [3.05, 3.63) is 23.8 Å². The molecule has 7 heteroatoms. The van der Waals surface area contributed by atoms with Gasteiger partial charge in [-0.2, -0.15) is 4.31 Å². The van der Waals surface area contributed by atoms with E-state index in [2.05, 4.69) is 17.2 Å². The second kappa shape index (κ2) is 10.1. The fourth-order valence-electron chi connectivity index (χ4n) is 4.26. The molecule has 0 spiro atoms. The lowest BCUT2D eigenvalue weighted by Crippen LogP contribution is -2.49. The monoisotopic (exact) mass is 434 g/mol. The van der Waals surface area contributed by atoms with E-state index in [9.17, 15) is 13.5 Å². The van der Waals surface area contributed by atoms with Crippen molar-refractivity contribution in [1.29, 1.82) is 0 Å². The summed E-state index contributed by atoms with van der Waals surface area (Å²) >= 11 is 0. The van der Waals surface area contributed by atoms with Crippen LogP contribution in [0.25, 0.3) is 0 Å². The van der Waals surface area contributed by atoms with Crippen LogP contribution in [0.15, 0.2) is 23.1 Å². The van der Waals surface area contributed by atoms with Crippen LogP contribution in [0.5, 0.6) is 5.75 Å². The molecule has 3 rings (SSSR count). The van der Waals surface area contributed by atoms with E-state index in [-0.39, 0.29) is 23.5 Å². The lowest BCUT2D eigenvalue weighted by Gasteiger charge is -2.36. The number of aliphatic hydroxyl groups is 1. The third-order valence-corrected chi connectivity index (χ3v) is 8.19. The summed E-state index contributed by atoms with van der Waals surface area (Å²) in [5.74, 6) is 7.44. The fourth-order valence-corrected chi connectivity index (χ4v) is 6.09. The van der Waals surface area contributed by atoms with E-state index in [0.29, 0.717) is 24.8 Å². The Balaban J connectivity index is 1.96. The molecule has 1 aliphatic heterocycles. The Morgan fingerprint density at radius 3 is 2.73 bits per heavy atom. The molecule has 0 unspecified atom stereocenters. The SMILES string of the molecule is CNC[C@@H]1Oc2cc(C#CCC3CCCC3)ccc2S(=O)(=O)N([C@@H](C)CO)C[C@H]1C. The van der Waals surface area contributed by atoms with Crippen LogP contribution in [0.3, 0.4) is 0 Å². The number of fused-ring (bicyclic) bond motifs is 1. The van der Waals surface area contributed by atoms with Gasteiger partial charge in [-0.1, -0.05) is 31.6 Å². The minimum Gasteiger partial charge on any atom is -0.487 e. The maximum atomic E-state index is 13.4. The van der Waals surface area contributed by atoms with Crippen LogP contribution in [0.1, 0.15) is 51.5 Å². The van der Waals surface area contributed by atoms with Crippen LogP contribution >= 0.6 is 0 Å². The number of ether oxygens (including phenoxy) is 1. The van der Waals surface area contributed by atoms with Crippen molar-refractivity contribution in [3.8, 4) is 17.6 Å². The highest BCUT2D eigenvalue weighted by molar-refractivity contribution is 7.89. The summed E-state index contributed by atoms with van der Waals surface area (Å²) in [5, 5.41) is 12.8. The van der Waals surface area contributed by atoms with E-state index >= 15 is 0 Å². The van der Waals surface area contributed by atoms with Crippen molar-refractivity contribution >= 4 is 10.0 Å². The van der Waals surface area contributed by atoms with Gasteiger partial charge in [0.15, 0.2) is 0 Å². The fraction of sp³-hybridized carbons (Fsp3) is 0.652. The van der Waals surface area contributed by atoms with Crippen molar-refractivity contribution in [3.63, 3.8) is 0 Å². The summed E-state index contributed by atoms with van der Waals surface area (Å²) in [7, 11) is -1.94. The second-order valence-electron chi connectivity index (χ2n) is 8.62. The molecule has 1 heterocycles. The van der Waals surface area contributed by atoms with Crippen LogP contribution in [-0.2, 0) is 10.0 Å².